The molecule has 6 nitrogen and oxygen atoms in total. The number of hydrogen-bond donors (Lipinski definition) is 2. The highest BCUT2D eigenvalue weighted by atomic mass is 19.4. The van der Waals surface area contributed by atoms with Gasteiger partial charge in [0.15, 0.2) is 0 Å². The number of amides is 1. The third-order valence-electron chi connectivity index (χ3n) is 5.51. The molecule has 33 heavy (non-hydrogen) atoms. The average Bonchev–Trinajstić information content (AvgIpc) is 3.32. The van der Waals surface area contributed by atoms with Crippen molar-refractivity contribution in [3.05, 3.63) is 72.1 Å². The lowest BCUT2D eigenvalue weighted by atomic mass is 10.0. The molecule has 5 rings (SSSR count). The SMILES string of the molecule is O=C(NCC1CC1)c1ccc(-c2ncc(-c3c(-c4ccccc4)noc3C(F)(F)F)[nH]2)cc1. The lowest BCUT2D eigenvalue weighted by molar-refractivity contribution is -0.154. The third kappa shape index (κ3) is 4.39. The van der Waals surface area contributed by atoms with E-state index in [1.807, 2.05) is 0 Å². The molecule has 0 saturated heterocycles. The quantitative estimate of drug-likeness (QED) is 0.401. The Morgan fingerprint density at radius 2 is 1.79 bits per heavy atom. The first kappa shape index (κ1) is 21.0. The van der Waals surface area contributed by atoms with Gasteiger partial charge in [-0.3, -0.25) is 4.79 Å². The Balaban J connectivity index is 1.45. The monoisotopic (exact) mass is 452 g/mol. The van der Waals surface area contributed by atoms with E-state index in [1.165, 1.54) is 6.20 Å². The summed E-state index contributed by atoms with van der Waals surface area (Å²) >= 11 is 0. The zero-order valence-corrected chi connectivity index (χ0v) is 17.3. The number of rotatable bonds is 6. The highest BCUT2D eigenvalue weighted by Gasteiger charge is 2.41. The molecule has 1 amide bonds. The molecule has 0 atom stereocenters. The molecular weight excluding hydrogens is 433 g/mol. The van der Waals surface area contributed by atoms with E-state index in [0.29, 0.717) is 35.0 Å². The van der Waals surface area contributed by atoms with Gasteiger partial charge in [0.05, 0.1) is 17.5 Å². The van der Waals surface area contributed by atoms with Gasteiger partial charge in [-0.1, -0.05) is 47.6 Å². The summed E-state index contributed by atoms with van der Waals surface area (Å²) in [6.07, 6.45) is -1.11. The maximum atomic E-state index is 13.6. The number of carbonyl (C=O) groups is 1. The summed E-state index contributed by atoms with van der Waals surface area (Å²) in [6, 6.07) is 15.2. The van der Waals surface area contributed by atoms with Gasteiger partial charge in [-0.15, -0.1) is 0 Å². The fourth-order valence-electron chi connectivity index (χ4n) is 3.56. The Kier molecular flexibility index (Phi) is 5.24. The van der Waals surface area contributed by atoms with Crippen LogP contribution in [-0.4, -0.2) is 27.6 Å². The number of hydrogen-bond acceptors (Lipinski definition) is 4. The van der Waals surface area contributed by atoms with Crippen molar-refractivity contribution in [3.8, 4) is 33.9 Å². The largest absolute Gasteiger partial charge is 0.453 e. The fourth-order valence-corrected chi connectivity index (χ4v) is 3.56. The molecule has 1 saturated carbocycles. The van der Waals surface area contributed by atoms with Gasteiger partial charge < -0.3 is 14.8 Å². The van der Waals surface area contributed by atoms with Gasteiger partial charge in [0, 0.05) is 23.2 Å². The lowest BCUT2D eigenvalue weighted by Gasteiger charge is -2.06. The second-order valence-electron chi connectivity index (χ2n) is 7.98. The van der Waals surface area contributed by atoms with E-state index in [9.17, 15) is 18.0 Å². The van der Waals surface area contributed by atoms with E-state index in [-0.39, 0.29) is 22.9 Å². The van der Waals surface area contributed by atoms with Crippen LogP contribution in [0.3, 0.4) is 0 Å². The van der Waals surface area contributed by atoms with Gasteiger partial charge in [0.25, 0.3) is 5.91 Å². The molecule has 2 N–H and O–H groups in total. The van der Waals surface area contributed by atoms with E-state index in [2.05, 4.69) is 20.4 Å². The predicted octanol–water partition coefficient (Wildman–Crippen LogP) is 5.56. The summed E-state index contributed by atoms with van der Waals surface area (Å²) < 4.78 is 45.6. The second-order valence-corrected chi connectivity index (χ2v) is 7.98. The molecular formula is C24H19F3N4O2. The van der Waals surface area contributed by atoms with E-state index < -0.39 is 11.9 Å². The standard InChI is InChI=1S/C24H19F3N4O2/c25-24(26,27)21-19(20(31-33-21)15-4-2-1-3-5-15)18-13-28-22(30-18)16-8-10-17(11-9-16)23(32)29-12-14-6-7-14/h1-5,8-11,13-14H,6-7,12H2,(H,28,30)(H,29,32). The molecule has 1 fully saturated rings. The molecule has 0 spiro atoms. The smallest absolute Gasteiger partial charge is 0.352 e. The van der Waals surface area contributed by atoms with Crippen molar-refractivity contribution in [3.63, 3.8) is 0 Å². The number of alkyl halides is 3. The zero-order chi connectivity index (χ0) is 23.0. The van der Waals surface area contributed by atoms with Crippen LogP contribution in [0.2, 0.25) is 0 Å². The molecule has 2 aromatic carbocycles. The minimum atomic E-state index is -4.73. The predicted molar refractivity (Wildman–Crippen MR) is 115 cm³/mol. The first-order valence-electron chi connectivity index (χ1n) is 10.5. The molecule has 0 radical (unpaired) electrons. The number of H-pyrrole nitrogens is 1. The van der Waals surface area contributed by atoms with Crippen LogP contribution >= 0.6 is 0 Å². The van der Waals surface area contributed by atoms with Crippen molar-refractivity contribution < 1.29 is 22.5 Å². The Bertz CT molecular complexity index is 1270. The van der Waals surface area contributed by atoms with Crippen LogP contribution in [0.25, 0.3) is 33.9 Å². The maximum Gasteiger partial charge on any atom is 0.453 e. The van der Waals surface area contributed by atoms with Crippen molar-refractivity contribution in [1.29, 1.82) is 0 Å². The molecule has 0 aliphatic heterocycles. The van der Waals surface area contributed by atoms with E-state index in [0.717, 1.165) is 12.8 Å². The van der Waals surface area contributed by atoms with Gasteiger partial charge in [0.2, 0.25) is 5.76 Å². The molecule has 4 aromatic rings. The van der Waals surface area contributed by atoms with E-state index in [4.69, 9.17) is 4.52 Å². The zero-order valence-electron chi connectivity index (χ0n) is 17.3. The van der Waals surface area contributed by atoms with E-state index in [1.54, 1.807) is 54.6 Å². The van der Waals surface area contributed by atoms with Gasteiger partial charge in [-0.2, -0.15) is 13.2 Å². The third-order valence-corrected chi connectivity index (χ3v) is 5.51. The summed E-state index contributed by atoms with van der Waals surface area (Å²) in [5.74, 6) is -0.405. The molecule has 1 aliphatic rings. The highest BCUT2D eigenvalue weighted by Crippen LogP contribution is 2.42. The van der Waals surface area contributed by atoms with Crippen molar-refractivity contribution in [2.45, 2.75) is 19.0 Å². The van der Waals surface area contributed by atoms with Crippen LogP contribution in [0.15, 0.2) is 65.3 Å². The molecule has 2 aromatic heterocycles. The number of nitrogens with one attached hydrogen (secondary N) is 2. The summed E-state index contributed by atoms with van der Waals surface area (Å²) in [5, 5.41) is 6.59. The Morgan fingerprint density at radius 1 is 1.06 bits per heavy atom. The second kappa shape index (κ2) is 8.23. The van der Waals surface area contributed by atoms with Crippen LogP contribution in [0.1, 0.15) is 29.0 Å². The van der Waals surface area contributed by atoms with Gasteiger partial charge in [-0.05, 0) is 30.9 Å². The first-order valence-corrected chi connectivity index (χ1v) is 10.5. The van der Waals surface area contributed by atoms with Gasteiger partial charge in [-0.25, -0.2) is 4.98 Å². The number of halogens is 3. The van der Waals surface area contributed by atoms with Crippen molar-refractivity contribution in [1.82, 2.24) is 20.4 Å². The lowest BCUT2D eigenvalue weighted by Crippen LogP contribution is -2.25. The van der Waals surface area contributed by atoms with Crippen LogP contribution in [0.5, 0.6) is 0 Å². The summed E-state index contributed by atoms with van der Waals surface area (Å²) in [6.45, 7) is 0.673. The molecule has 0 bridgehead atoms. The number of aromatic nitrogens is 3. The number of aromatic amines is 1. The normalized spacial score (nSPS) is 13.8. The summed E-state index contributed by atoms with van der Waals surface area (Å²) in [7, 11) is 0. The van der Waals surface area contributed by atoms with Crippen molar-refractivity contribution in [2.75, 3.05) is 6.54 Å². The van der Waals surface area contributed by atoms with Crippen LogP contribution in [0.4, 0.5) is 13.2 Å². The highest BCUT2D eigenvalue weighted by molar-refractivity contribution is 5.94. The molecule has 1 aliphatic carbocycles. The molecule has 0 unspecified atom stereocenters. The maximum absolute atomic E-state index is 13.6. The Morgan fingerprint density at radius 3 is 2.45 bits per heavy atom. The number of imidazole rings is 1. The Labute approximate surface area is 186 Å². The minimum Gasteiger partial charge on any atom is -0.352 e. The number of benzene rings is 2. The molecule has 9 heteroatoms. The topological polar surface area (TPSA) is 83.8 Å². The summed E-state index contributed by atoms with van der Waals surface area (Å²) in [4.78, 5) is 19.4. The van der Waals surface area contributed by atoms with Crippen LogP contribution in [0, 0.1) is 5.92 Å². The van der Waals surface area contributed by atoms with Crippen molar-refractivity contribution >= 4 is 5.91 Å². The Hall–Kier alpha value is -3.88. The summed E-state index contributed by atoms with van der Waals surface area (Å²) in [5.41, 5.74) is 1.62. The number of nitrogens with zero attached hydrogens (tertiary/aromatic N) is 2. The first-order chi connectivity index (χ1) is 15.9. The minimum absolute atomic E-state index is 0.0702. The molecule has 2 heterocycles. The van der Waals surface area contributed by atoms with Gasteiger partial charge in [0.1, 0.15) is 11.5 Å². The van der Waals surface area contributed by atoms with E-state index >= 15 is 0 Å². The molecule has 168 valence electrons. The van der Waals surface area contributed by atoms with Crippen LogP contribution in [-0.2, 0) is 6.18 Å². The van der Waals surface area contributed by atoms with Crippen molar-refractivity contribution in [2.24, 2.45) is 5.92 Å². The number of carbonyl (C=O) groups excluding carboxylic acids is 1. The van der Waals surface area contributed by atoms with Crippen LogP contribution < -0.4 is 5.32 Å². The fraction of sp³-hybridized carbons (Fsp3) is 0.208. The van der Waals surface area contributed by atoms with Gasteiger partial charge >= 0.3 is 6.18 Å². The average molecular weight is 452 g/mol.